The summed E-state index contributed by atoms with van der Waals surface area (Å²) in [5.41, 5.74) is -3.13. The van der Waals surface area contributed by atoms with Gasteiger partial charge in [0.15, 0.2) is 16.6 Å². The maximum Gasteiger partial charge on any atom is 0.586 e. The minimum Gasteiger partial charge on any atom is -0.496 e. The standard InChI is InChI=1S/C26H23F5N4O6S/c1-24(2,25(27,28)29)34-21(36)13-7-17-18(41-26(30,31)40-17)8-15(13)32-22(37)19-16(38-3)5-4-14-20(19)42-23(33-14)35-11-6-12(35)10-39-9-11/h4-5,7-8,11-12H,6,9-10H2,1-3H3,(H,32,37)(H,34,36). The van der Waals surface area contributed by atoms with Crippen LogP contribution in [0.4, 0.5) is 32.8 Å². The Hall–Kier alpha value is -3.92. The molecule has 6 rings (SSSR count). The molecule has 2 atom stereocenters. The largest absolute Gasteiger partial charge is 0.586 e. The molecule has 3 aliphatic rings. The van der Waals surface area contributed by atoms with Gasteiger partial charge in [0, 0.05) is 6.07 Å². The Kier molecular flexibility index (Phi) is 6.42. The number of thiazole rings is 1. The van der Waals surface area contributed by atoms with Gasteiger partial charge >= 0.3 is 12.5 Å². The lowest BCUT2D eigenvalue weighted by molar-refractivity contribution is -0.286. The smallest absolute Gasteiger partial charge is 0.496 e. The van der Waals surface area contributed by atoms with Gasteiger partial charge in [0.2, 0.25) is 0 Å². The van der Waals surface area contributed by atoms with Crippen molar-refractivity contribution < 1.29 is 50.5 Å². The summed E-state index contributed by atoms with van der Waals surface area (Å²) in [5, 5.41) is 4.97. The molecule has 2 fully saturated rings. The van der Waals surface area contributed by atoms with E-state index in [0.717, 1.165) is 32.4 Å². The second-order valence-electron chi connectivity index (χ2n) is 10.5. The lowest BCUT2D eigenvalue weighted by Gasteiger charge is -2.52. The maximum absolute atomic E-state index is 13.8. The fourth-order valence-corrected chi connectivity index (χ4v) is 6.25. The molecule has 16 heteroatoms. The Labute approximate surface area is 238 Å². The average Bonchev–Trinajstić information content (AvgIpc) is 3.44. The van der Waals surface area contributed by atoms with Crippen LogP contribution < -0.4 is 29.7 Å². The first kappa shape index (κ1) is 28.2. The van der Waals surface area contributed by atoms with Gasteiger partial charge in [-0.25, -0.2) is 4.98 Å². The summed E-state index contributed by atoms with van der Waals surface area (Å²) in [4.78, 5) is 33.6. The number of halogens is 5. The van der Waals surface area contributed by atoms with Crippen molar-refractivity contribution in [2.24, 2.45) is 0 Å². The zero-order chi connectivity index (χ0) is 30.2. The van der Waals surface area contributed by atoms with Crippen LogP contribution in [0.15, 0.2) is 24.3 Å². The zero-order valence-corrected chi connectivity index (χ0v) is 23.0. The highest BCUT2D eigenvalue weighted by Gasteiger charge is 2.49. The summed E-state index contributed by atoms with van der Waals surface area (Å²) in [6.07, 6.45) is -7.97. The first-order chi connectivity index (χ1) is 19.7. The summed E-state index contributed by atoms with van der Waals surface area (Å²) in [7, 11) is 1.35. The molecule has 2 saturated heterocycles. The molecule has 0 radical (unpaired) electrons. The lowest BCUT2D eigenvalue weighted by atomic mass is 9.92. The number of aromatic nitrogens is 1. The van der Waals surface area contributed by atoms with Crippen LogP contribution in [0.1, 0.15) is 41.0 Å². The number of carbonyl (C=O) groups is 2. The molecule has 2 amide bonds. The first-order valence-electron chi connectivity index (χ1n) is 12.7. The van der Waals surface area contributed by atoms with Gasteiger partial charge in [-0.05, 0) is 38.5 Å². The topological polar surface area (TPSA) is 111 Å². The van der Waals surface area contributed by atoms with E-state index in [0.29, 0.717) is 28.6 Å². The number of fused-ring (bicyclic) bond motifs is 4. The predicted octanol–water partition coefficient (Wildman–Crippen LogP) is 4.93. The lowest BCUT2D eigenvalue weighted by Crippen LogP contribution is -2.64. The molecule has 4 heterocycles. The SMILES string of the molecule is COc1ccc2nc(N3C4COCC3C4)sc2c1C(=O)Nc1cc2c(cc1C(=O)NC(C)(C)C(F)(F)F)OC(F)(F)O2. The van der Waals surface area contributed by atoms with Crippen LogP contribution in [0.3, 0.4) is 0 Å². The van der Waals surface area contributed by atoms with E-state index in [1.54, 1.807) is 6.07 Å². The molecule has 10 nitrogen and oxygen atoms in total. The van der Waals surface area contributed by atoms with Crippen molar-refractivity contribution in [3.63, 3.8) is 0 Å². The summed E-state index contributed by atoms with van der Waals surface area (Å²) in [6, 6.07) is 5.20. The number of benzene rings is 2. The molecule has 3 aromatic rings. The van der Waals surface area contributed by atoms with E-state index in [-0.39, 0.29) is 23.4 Å². The Morgan fingerprint density at radius 2 is 1.76 bits per heavy atom. The van der Waals surface area contributed by atoms with Crippen LogP contribution in [0.5, 0.6) is 17.2 Å². The molecule has 2 aromatic carbocycles. The first-order valence-corrected chi connectivity index (χ1v) is 13.5. The van der Waals surface area contributed by atoms with Crippen LogP contribution in [0, 0.1) is 0 Å². The Morgan fingerprint density at radius 3 is 2.38 bits per heavy atom. The highest BCUT2D eigenvalue weighted by molar-refractivity contribution is 7.22. The van der Waals surface area contributed by atoms with E-state index in [1.165, 1.54) is 24.5 Å². The van der Waals surface area contributed by atoms with E-state index in [1.807, 2.05) is 5.32 Å². The quantitative estimate of drug-likeness (QED) is 0.377. The molecule has 0 aliphatic carbocycles. The number of hydrogen-bond acceptors (Lipinski definition) is 9. The molecule has 0 saturated carbocycles. The third-order valence-electron chi connectivity index (χ3n) is 7.30. The monoisotopic (exact) mass is 614 g/mol. The van der Waals surface area contributed by atoms with Crippen molar-refractivity contribution >= 4 is 44.2 Å². The molecule has 1 aromatic heterocycles. The summed E-state index contributed by atoms with van der Waals surface area (Å²) >= 11 is 1.24. The fraction of sp³-hybridized carbons (Fsp3) is 0.423. The molecular weight excluding hydrogens is 591 g/mol. The van der Waals surface area contributed by atoms with Gasteiger partial charge in [0.25, 0.3) is 11.8 Å². The zero-order valence-electron chi connectivity index (χ0n) is 22.2. The Bertz CT molecular complexity index is 1600. The van der Waals surface area contributed by atoms with Crippen LogP contribution in [0.2, 0.25) is 0 Å². The number of alkyl halides is 5. The van der Waals surface area contributed by atoms with E-state index < -0.39 is 52.6 Å². The van der Waals surface area contributed by atoms with Crippen LogP contribution in [0.25, 0.3) is 10.2 Å². The number of methoxy groups -OCH3 is 1. The summed E-state index contributed by atoms with van der Waals surface area (Å²) in [5.74, 6) is -3.10. The van der Waals surface area contributed by atoms with Crippen molar-refractivity contribution in [1.29, 1.82) is 0 Å². The number of amides is 2. The van der Waals surface area contributed by atoms with Crippen molar-refractivity contribution in [2.45, 2.75) is 50.4 Å². The van der Waals surface area contributed by atoms with Crippen LogP contribution >= 0.6 is 11.3 Å². The fourth-order valence-electron chi connectivity index (χ4n) is 5.00. The highest BCUT2D eigenvalue weighted by Crippen LogP contribution is 2.45. The van der Waals surface area contributed by atoms with Crippen LogP contribution in [-0.4, -0.2) is 67.2 Å². The number of nitrogens with one attached hydrogen (secondary N) is 2. The molecular formula is C26H23F5N4O6S. The molecule has 2 N–H and O–H groups in total. The van der Waals surface area contributed by atoms with E-state index in [4.69, 9.17) is 9.47 Å². The summed E-state index contributed by atoms with van der Waals surface area (Å²) < 4.78 is 88.3. The van der Waals surface area contributed by atoms with Crippen molar-refractivity contribution in [1.82, 2.24) is 10.3 Å². The number of morpholine rings is 1. The van der Waals surface area contributed by atoms with Gasteiger partial charge in [-0.2, -0.15) is 13.2 Å². The number of carbonyl (C=O) groups excluding carboxylic acids is 2. The second-order valence-corrected chi connectivity index (χ2v) is 11.5. The molecule has 224 valence electrons. The Morgan fingerprint density at radius 1 is 1.10 bits per heavy atom. The number of rotatable bonds is 6. The maximum atomic E-state index is 13.8. The van der Waals surface area contributed by atoms with Gasteiger partial charge in [0.1, 0.15) is 16.9 Å². The average molecular weight is 615 g/mol. The number of ether oxygens (including phenoxy) is 4. The van der Waals surface area contributed by atoms with Gasteiger partial charge in [0.05, 0.1) is 53.9 Å². The van der Waals surface area contributed by atoms with E-state index in [9.17, 15) is 31.5 Å². The van der Waals surface area contributed by atoms with Crippen molar-refractivity contribution in [3.05, 3.63) is 35.4 Å². The van der Waals surface area contributed by atoms with E-state index >= 15 is 0 Å². The normalized spacial score (nSPS) is 20.7. The summed E-state index contributed by atoms with van der Waals surface area (Å²) in [6.45, 7) is 2.58. The van der Waals surface area contributed by atoms with Crippen LogP contribution in [-0.2, 0) is 4.74 Å². The van der Waals surface area contributed by atoms with E-state index in [2.05, 4.69) is 24.7 Å². The molecule has 0 spiro atoms. The van der Waals surface area contributed by atoms with Crippen molar-refractivity contribution in [2.75, 3.05) is 30.5 Å². The van der Waals surface area contributed by atoms with Gasteiger partial charge in [-0.3, -0.25) is 9.59 Å². The van der Waals surface area contributed by atoms with Gasteiger partial charge in [-0.15, -0.1) is 8.78 Å². The highest BCUT2D eigenvalue weighted by atomic mass is 32.1. The minimum absolute atomic E-state index is 0.0330. The molecule has 42 heavy (non-hydrogen) atoms. The number of hydrogen-bond donors (Lipinski definition) is 2. The molecule has 3 aliphatic heterocycles. The van der Waals surface area contributed by atoms with Gasteiger partial charge in [-0.1, -0.05) is 11.3 Å². The molecule has 2 unspecified atom stereocenters. The third-order valence-corrected chi connectivity index (χ3v) is 8.40. The third kappa shape index (κ3) is 4.71. The molecule has 2 bridgehead atoms. The number of nitrogens with zero attached hydrogens (tertiary/aromatic N) is 2. The Balaban J connectivity index is 1.38. The predicted molar refractivity (Wildman–Crippen MR) is 140 cm³/mol. The van der Waals surface area contributed by atoms with Gasteiger partial charge < -0.3 is 34.5 Å². The second kappa shape index (κ2) is 9.55. The van der Waals surface area contributed by atoms with Crippen molar-refractivity contribution in [3.8, 4) is 17.2 Å². The minimum atomic E-state index is -4.84. The number of anilines is 2.